The highest BCUT2D eigenvalue weighted by Gasteiger charge is 2.50. The second-order valence-corrected chi connectivity index (χ2v) is 6.73. The van der Waals surface area contributed by atoms with Crippen LogP contribution in [0.2, 0.25) is 10.0 Å². The lowest BCUT2D eigenvalue weighted by Gasteiger charge is -2.25. The van der Waals surface area contributed by atoms with Crippen molar-refractivity contribution < 1.29 is 14.3 Å². The summed E-state index contributed by atoms with van der Waals surface area (Å²) in [5.74, 6) is 0.0535. The summed E-state index contributed by atoms with van der Waals surface area (Å²) in [5.41, 5.74) is -0.279. The van der Waals surface area contributed by atoms with Gasteiger partial charge in [-0.2, -0.15) is 0 Å². The number of amides is 3. The van der Waals surface area contributed by atoms with E-state index >= 15 is 0 Å². The molecule has 0 bridgehead atoms. The van der Waals surface area contributed by atoms with Crippen molar-refractivity contribution in [3.8, 4) is 5.75 Å². The van der Waals surface area contributed by atoms with Crippen LogP contribution in [-0.4, -0.2) is 30.0 Å². The number of halogens is 2. The molecule has 0 aliphatic carbocycles. The third kappa shape index (κ3) is 3.24. The molecule has 1 saturated heterocycles. The maximum atomic E-state index is 13.0. The first-order valence-electron chi connectivity index (χ1n) is 8.26. The molecule has 1 fully saturated rings. The lowest BCUT2D eigenvalue weighted by molar-refractivity contribution is -0.132. The minimum absolute atomic E-state index is 0.0944. The van der Waals surface area contributed by atoms with Gasteiger partial charge in [0.25, 0.3) is 5.91 Å². The van der Waals surface area contributed by atoms with E-state index in [0.717, 1.165) is 5.56 Å². The molecule has 5 nitrogen and oxygen atoms in total. The van der Waals surface area contributed by atoms with E-state index in [4.69, 9.17) is 27.9 Å². The monoisotopic (exact) mass is 392 g/mol. The minimum atomic E-state index is -1.04. The van der Waals surface area contributed by atoms with Gasteiger partial charge in [0.05, 0.1) is 16.6 Å². The number of nitrogens with zero attached hydrogens (tertiary/aromatic N) is 1. The Bertz CT molecular complexity index is 809. The summed E-state index contributed by atoms with van der Waals surface area (Å²) >= 11 is 12.1. The Hall–Kier alpha value is -2.24. The molecule has 1 heterocycles. The van der Waals surface area contributed by atoms with Gasteiger partial charge in [-0.25, -0.2) is 4.79 Å². The van der Waals surface area contributed by atoms with Crippen LogP contribution < -0.4 is 10.1 Å². The number of urea groups is 1. The first-order valence-corrected chi connectivity index (χ1v) is 9.01. The second-order valence-electron chi connectivity index (χ2n) is 5.91. The molecule has 26 heavy (non-hydrogen) atoms. The van der Waals surface area contributed by atoms with Crippen molar-refractivity contribution in [3.63, 3.8) is 0 Å². The number of benzene rings is 2. The number of imide groups is 1. The Morgan fingerprint density at radius 1 is 1.04 bits per heavy atom. The molecule has 7 heteroatoms. The van der Waals surface area contributed by atoms with E-state index in [1.165, 1.54) is 4.90 Å². The summed E-state index contributed by atoms with van der Waals surface area (Å²) in [7, 11) is 0. The van der Waals surface area contributed by atoms with E-state index in [0.29, 0.717) is 22.2 Å². The van der Waals surface area contributed by atoms with E-state index < -0.39 is 11.6 Å². The average molecular weight is 393 g/mol. The summed E-state index contributed by atoms with van der Waals surface area (Å²) in [6, 6.07) is 13.8. The maximum absolute atomic E-state index is 13.0. The number of carbonyl (C=O) groups excluding carboxylic acids is 2. The zero-order valence-corrected chi connectivity index (χ0v) is 15.7. The normalized spacial score (nSPS) is 19.6. The lowest BCUT2D eigenvalue weighted by atomic mass is 9.87. The van der Waals surface area contributed by atoms with Gasteiger partial charge in [0.2, 0.25) is 0 Å². The topological polar surface area (TPSA) is 58.6 Å². The molecule has 3 amide bonds. The molecule has 1 aliphatic heterocycles. The molecule has 136 valence electrons. The molecule has 0 aromatic heterocycles. The van der Waals surface area contributed by atoms with Crippen LogP contribution in [-0.2, 0) is 10.3 Å². The van der Waals surface area contributed by atoms with Crippen molar-refractivity contribution >= 4 is 35.1 Å². The van der Waals surface area contributed by atoms with Gasteiger partial charge >= 0.3 is 6.03 Å². The van der Waals surface area contributed by atoms with Gasteiger partial charge in [0.1, 0.15) is 12.1 Å². The Balaban J connectivity index is 1.73. The fourth-order valence-electron chi connectivity index (χ4n) is 3.05. The molecule has 3 rings (SSSR count). The van der Waals surface area contributed by atoms with Crippen LogP contribution in [0.5, 0.6) is 5.75 Å². The Labute approximate surface area is 161 Å². The molecule has 1 aliphatic rings. The van der Waals surface area contributed by atoms with Crippen LogP contribution in [0.25, 0.3) is 0 Å². The summed E-state index contributed by atoms with van der Waals surface area (Å²) in [6.45, 7) is 2.06. The molecule has 0 saturated carbocycles. The van der Waals surface area contributed by atoms with Gasteiger partial charge < -0.3 is 10.1 Å². The van der Waals surface area contributed by atoms with Crippen LogP contribution >= 0.6 is 23.2 Å². The summed E-state index contributed by atoms with van der Waals surface area (Å²) in [5, 5.41) is 3.59. The summed E-state index contributed by atoms with van der Waals surface area (Å²) in [4.78, 5) is 26.5. The summed E-state index contributed by atoms with van der Waals surface area (Å²) in [6.07, 6.45) is 0.454. The molecule has 0 spiro atoms. The zero-order chi connectivity index (χ0) is 18.7. The highest BCUT2D eigenvalue weighted by molar-refractivity contribution is 6.37. The first-order chi connectivity index (χ1) is 12.5. The highest BCUT2D eigenvalue weighted by atomic mass is 35.5. The first kappa shape index (κ1) is 18.5. The SMILES string of the molecule is CCC1(c2ccccc2)NC(=O)N(CCOc2c(Cl)cccc2Cl)C1=O. The fourth-order valence-corrected chi connectivity index (χ4v) is 3.56. The zero-order valence-electron chi connectivity index (χ0n) is 14.2. The number of ether oxygens (including phenoxy) is 1. The Kier molecular flexibility index (Phi) is 5.39. The quantitative estimate of drug-likeness (QED) is 0.748. The van der Waals surface area contributed by atoms with Crippen LogP contribution in [0.4, 0.5) is 4.79 Å². The molecule has 2 aromatic carbocycles. The van der Waals surface area contributed by atoms with Crippen LogP contribution in [0.15, 0.2) is 48.5 Å². The van der Waals surface area contributed by atoms with Gasteiger partial charge in [-0.15, -0.1) is 0 Å². The van der Waals surface area contributed by atoms with Gasteiger partial charge in [-0.1, -0.05) is 66.5 Å². The van der Waals surface area contributed by atoms with Gasteiger partial charge in [0, 0.05) is 0 Å². The number of para-hydroxylation sites is 1. The third-order valence-electron chi connectivity index (χ3n) is 4.45. The predicted molar refractivity (Wildman–Crippen MR) is 101 cm³/mol. The van der Waals surface area contributed by atoms with Gasteiger partial charge in [0.15, 0.2) is 5.75 Å². The minimum Gasteiger partial charge on any atom is -0.489 e. The maximum Gasteiger partial charge on any atom is 0.325 e. The number of carbonyl (C=O) groups is 2. The van der Waals surface area contributed by atoms with E-state index in [1.54, 1.807) is 18.2 Å². The fraction of sp³-hybridized carbons (Fsp3) is 0.263. The predicted octanol–water partition coefficient (Wildman–Crippen LogP) is 4.23. The number of hydrogen-bond acceptors (Lipinski definition) is 3. The van der Waals surface area contributed by atoms with Crippen molar-refractivity contribution in [1.82, 2.24) is 10.2 Å². The molecule has 2 aromatic rings. The van der Waals surface area contributed by atoms with E-state index in [-0.39, 0.29) is 19.1 Å². The van der Waals surface area contributed by atoms with Crippen LogP contribution in [0.3, 0.4) is 0 Å². The van der Waals surface area contributed by atoms with Crippen molar-refractivity contribution in [2.75, 3.05) is 13.2 Å². The largest absolute Gasteiger partial charge is 0.489 e. The Morgan fingerprint density at radius 3 is 2.31 bits per heavy atom. The summed E-state index contributed by atoms with van der Waals surface area (Å²) < 4.78 is 5.60. The molecule has 1 N–H and O–H groups in total. The van der Waals surface area contributed by atoms with Gasteiger partial charge in [-0.05, 0) is 24.1 Å². The number of nitrogens with one attached hydrogen (secondary N) is 1. The van der Waals surface area contributed by atoms with Crippen LogP contribution in [0.1, 0.15) is 18.9 Å². The van der Waals surface area contributed by atoms with E-state index in [2.05, 4.69) is 5.32 Å². The Morgan fingerprint density at radius 2 is 1.69 bits per heavy atom. The van der Waals surface area contributed by atoms with Crippen molar-refractivity contribution in [2.45, 2.75) is 18.9 Å². The second kappa shape index (κ2) is 7.56. The molecule has 0 radical (unpaired) electrons. The van der Waals surface area contributed by atoms with Crippen LogP contribution in [0, 0.1) is 0 Å². The van der Waals surface area contributed by atoms with Crippen molar-refractivity contribution in [1.29, 1.82) is 0 Å². The van der Waals surface area contributed by atoms with E-state index in [9.17, 15) is 9.59 Å². The standard InChI is InChI=1S/C19H18Cl2N2O3/c1-2-19(13-7-4-3-5-8-13)17(24)23(18(25)22-19)11-12-26-16-14(20)9-6-10-15(16)21/h3-10H,2,11-12H2,1H3,(H,22,25). The third-order valence-corrected chi connectivity index (χ3v) is 5.05. The van der Waals surface area contributed by atoms with Gasteiger partial charge in [-0.3, -0.25) is 9.69 Å². The lowest BCUT2D eigenvalue weighted by Crippen LogP contribution is -2.43. The molecule has 1 unspecified atom stereocenters. The number of rotatable bonds is 6. The highest BCUT2D eigenvalue weighted by Crippen LogP contribution is 2.34. The van der Waals surface area contributed by atoms with Crippen molar-refractivity contribution in [2.24, 2.45) is 0 Å². The molecular formula is C19H18Cl2N2O3. The average Bonchev–Trinajstić information content (AvgIpc) is 2.89. The number of hydrogen-bond donors (Lipinski definition) is 1. The van der Waals surface area contributed by atoms with E-state index in [1.807, 2.05) is 37.3 Å². The molecule has 1 atom stereocenters. The van der Waals surface area contributed by atoms with Crippen molar-refractivity contribution in [3.05, 3.63) is 64.1 Å². The smallest absolute Gasteiger partial charge is 0.325 e. The molecular weight excluding hydrogens is 375 g/mol.